The van der Waals surface area contributed by atoms with Crippen molar-refractivity contribution in [2.75, 3.05) is 19.5 Å². The van der Waals surface area contributed by atoms with Gasteiger partial charge in [0.05, 0.1) is 14.2 Å². The minimum absolute atomic E-state index is 0.775. The molecule has 2 rings (SSSR count). The molecule has 0 heterocycles. The van der Waals surface area contributed by atoms with Gasteiger partial charge in [-0.1, -0.05) is 18.2 Å². The summed E-state index contributed by atoms with van der Waals surface area (Å²) in [5, 5.41) is 3.45. The number of hydrogen-bond donors (Lipinski definition) is 1. The maximum absolute atomic E-state index is 5.44. The van der Waals surface area contributed by atoms with Gasteiger partial charge in [-0.05, 0) is 43.2 Å². The maximum Gasteiger partial charge on any atom is 0.126 e. The Bertz CT molecular complexity index is 576. The highest BCUT2D eigenvalue weighted by Crippen LogP contribution is 2.29. The second-order valence-electron chi connectivity index (χ2n) is 4.79. The van der Waals surface area contributed by atoms with Gasteiger partial charge in [0.1, 0.15) is 11.5 Å². The predicted molar refractivity (Wildman–Crippen MR) is 82.8 cm³/mol. The minimum Gasteiger partial charge on any atom is -0.497 e. The normalized spacial score (nSPS) is 10.2. The SMILES string of the molecule is COc1ccc(CNc2ccc(C)c(OC)c2C)cc1. The Morgan fingerprint density at radius 2 is 1.60 bits per heavy atom. The van der Waals surface area contributed by atoms with Crippen LogP contribution in [0.15, 0.2) is 36.4 Å². The molecule has 0 radical (unpaired) electrons. The fourth-order valence-electron chi connectivity index (χ4n) is 2.27. The van der Waals surface area contributed by atoms with Crippen LogP contribution in [0.5, 0.6) is 11.5 Å². The molecule has 2 aromatic rings. The van der Waals surface area contributed by atoms with Crippen LogP contribution >= 0.6 is 0 Å². The second-order valence-corrected chi connectivity index (χ2v) is 4.79. The smallest absolute Gasteiger partial charge is 0.126 e. The molecular weight excluding hydrogens is 250 g/mol. The summed E-state index contributed by atoms with van der Waals surface area (Å²) in [7, 11) is 3.39. The summed E-state index contributed by atoms with van der Waals surface area (Å²) in [6.07, 6.45) is 0. The maximum atomic E-state index is 5.44. The van der Waals surface area contributed by atoms with Gasteiger partial charge in [0.25, 0.3) is 0 Å². The van der Waals surface area contributed by atoms with E-state index in [1.54, 1.807) is 14.2 Å². The Morgan fingerprint density at radius 3 is 2.20 bits per heavy atom. The van der Waals surface area contributed by atoms with Gasteiger partial charge in [0.2, 0.25) is 0 Å². The molecule has 0 saturated carbocycles. The van der Waals surface area contributed by atoms with Crippen molar-refractivity contribution < 1.29 is 9.47 Å². The Balaban J connectivity index is 2.10. The minimum atomic E-state index is 0.775. The van der Waals surface area contributed by atoms with Gasteiger partial charge in [0.15, 0.2) is 0 Å². The van der Waals surface area contributed by atoms with Gasteiger partial charge in [-0.15, -0.1) is 0 Å². The number of aryl methyl sites for hydroxylation is 1. The molecule has 106 valence electrons. The lowest BCUT2D eigenvalue weighted by atomic mass is 10.1. The van der Waals surface area contributed by atoms with Crippen LogP contribution in [-0.2, 0) is 6.54 Å². The quantitative estimate of drug-likeness (QED) is 0.893. The third-order valence-electron chi connectivity index (χ3n) is 3.45. The standard InChI is InChI=1S/C17H21NO2/c1-12-5-10-16(13(2)17(12)20-4)18-11-14-6-8-15(19-3)9-7-14/h5-10,18H,11H2,1-4H3. The van der Waals surface area contributed by atoms with E-state index in [1.807, 2.05) is 12.1 Å². The number of anilines is 1. The van der Waals surface area contributed by atoms with Crippen molar-refractivity contribution in [1.29, 1.82) is 0 Å². The van der Waals surface area contributed by atoms with Crippen LogP contribution in [0.3, 0.4) is 0 Å². The van der Waals surface area contributed by atoms with E-state index in [-0.39, 0.29) is 0 Å². The molecule has 0 amide bonds. The summed E-state index contributed by atoms with van der Waals surface area (Å²) in [6, 6.07) is 12.2. The van der Waals surface area contributed by atoms with E-state index < -0.39 is 0 Å². The van der Waals surface area contributed by atoms with E-state index in [9.17, 15) is 0 Å². The third-order valence-corrected chi connectivity index (χ3v) is 3.45. The van der Waals surface area contributed by atoms with Crippen molar-refractivity contribution in [2.45, 2.75) is 20.4 Å². The monoisotopic (exact) mass is 271 g/mol. The Labute approximate surface area is 120 Å². The molecule has 0 aliphatic heterocycles. The van der Waals surface area contributed by atoms with Gasteiger partial charge < -0.3 is 14.8 Å². The molecule has 0 fully saturated rings. The molecule has 0 aliphatic carbocycles. The van der Waals surface area contributed by atoms with Crippen LogP contribution in [0.2, 0.25) is 0 Å². The van der Waals surface area contributed by atoms with E-state index in [4.69, 9.17) is 9.47 Å². The molecule has 3 nitrogen and oxygen atoms in total. The van der Waals surface area contributed by atoms with Gasteiger partial charge in [-0.2, -0.15) is 0 Å². The van der Waals surface area contributed by atoms with Crippen molar-refractivity contribution in [1.82, 2.24) is 0 Å². The van der Waals surface area contributed by atoms with Crippen LogP contribution in [0, 0.1) is 13.8 Å². The first-order valence-electron chi connectivity index (χ1n) is 6.66. The summed E-state index contributed by atoms with van der Waals surface area (Å²) in [4.78, 5) is 0. The van der Waals surface area contributed by atoms with Gasteiger partial charge in [-0.3, -0.25) is 0 Å². The fraction of sp³-hybridized carbons (Fsp3) is 0.294. The van der Waals surface area contributed by atoms with Gasteiger partial charge in [-0.25, -0.2) is 0 Å². The summed E-state index contributed by atoms with van der Waals surface area (Å²) in [5.74, 6) is 1.83. The summed E-state index contributed by atoms with van der Waals surface area (Å²) in [5.41, 5.74) is 4.61. The van der Waals surface area contributed by atoms with Crippen LogP contribution < -0.4 is 14.8 Å². The average molecular weight is 271 g/mol. The highest BCUT2D eigenvalue weighted by molar-refractivity contribution is 5.59. The summed E-state index contributed by atoms with van der Waals surface area (Å²) < 4.78 is 10.6. The van der Waals surface area contributed by atoms with E-state index in [0.29, 0.717) is 0 Å². The molecule has 0 spiro atoms. The molecule has 0 atom stereocenters. The molecule has 20 heavy (non-hydrogen) atoms. The fourth-order valence-corrected chi connectivity index (χ4v) is 2.27. The van der Waals surface area contributed by atoms with Gasteiger partial charge >= 0.3 is 0 Å². The Kier molecular flexibility index (Phi) is 4.51. The highest BCUT2D eigenvalue weighted by Gasteiger charge is 2.07. The Hall–Kier alpha value is -2.16. The number of ether oxygens (including phenoxy) is 2. The topological polar surface area (TPSA) is 30.5 Å². The lowest BCUT2D eigenvalue weighted by molar-refractivity contribution is 0.409. The third kappa shape index (κ3) is 3.05. The second kappa shape index (κ2) is 6.33. The van der Waals surface area contributed by atoms with Crippen molar-refractivity contribution in [2.24, 2.45) is 0 Å². The van der Waals surface area contributed by atoms with Crippen LogP contribution in [0.4, 0.5) is 5.69 Å². The average Bonchev–Trinajstić information content (AvgIpc) is 2.47. The van der Waals surface area contributed by atoms with Crippen molar-refractivity contribution in [3.05, 3.63) is 53.1 Å². The summed E-state index contributed by atoms with van der Waals surface area (Å²) >= 11 is 0. The molecule has 0 unspecified atom stereocenters. The zero-order valence-corrected chi connectivity index (χ0v) is 12.5. The molecule has 0 aliphatic rings. The van der Waals surface area contributed by atoms with E-state index in [2.05, 4.69) is 43.4 Å². The number of methoxy groups -OCH3 is 2. The van der Waals surface area contributed by atoms with Crippen LogP contribution in [-0.4, -0.2) is 14.2 Å². The first kappa shape index (κ1) is 14.3. The first-order valence-corrected chi connectivity index (χ1v) is 6.66. The number of rotatable bonds is 5. The highest BCUT2D eigenvalue weighted by atomic mass is 16.5. The molecule has 2 aromatic carbocycles. The van der Waals surface area contributed by atoms with Crippen molar-refractivity contribution in [3.8, 4) is 11.5 Å². The lowest BCUT2D eigenvalue weighted by Crippen LogP contribution is -2.03. The molecular formula is C17H21NO2. The largest absolute Gasteiger partial charge is 0.497 e. The first-order chi connectivity index (χ1) is 9.65. The Morgan fingerprint density at radius 1 is 0.900 bits per heavy atom. The van der Waals surface area contributed by atoms with E-state index >= 15 is 0 Å². The lowest BCUT2D eigenvalue weighted by Gasteiger charge is -2.15. The number of benzene rings is 2. The van der Waals surface area contributed by atoms with Gasteiger partial charge in [0, 0.05) is 17.8 Å². The van der Waals surface area contributed by atoms with Crippen LogP contribution in [0.1, 0.15) is 16.7 Å². The molecule has 3 heteroatoms. The summed E-state index contributed by atoms with van der Waals surface area (Å²) in [6.45, 7) is 4.90. The number of hydrogen-bond acceptors (Lipinski definition) is 3. The molecule has 1 N–H and O–H groups in total. The van der Waals surface area contributed by atoms with Crippen LogP contribution in [0.25, 0.3) is 0 Å². The van der Waals surface area contributed by atoms with Crippen molar-refractivity contribution in [3.63, 3.8) is 0 Å². The predicted octanol–water partition coefficient (Wildman–Crippen LogP) is 3.93. The molecule has 0 saturated heterocycles. The van der Waals surface area contributed by atoms with E-state index in [0.717, 1.165) is 34.9 Å². The zero-order valence-electron chi connectivity index (χ0n) is 12.5. The number of nitrogens with one attached hydrogen (secondary N) is 1. The molecule has 0 aromatic heterocycles. The van der Waals surface area contributed by atoms with Crippen molar-refractivity contribution >= 4 is 5.69 Å². The van der Waals surface area contributed by atoms with E-state index in [1.165, 1.54) is 5.56 Å². The zero-order chi connectivity index (χ0) is 14.5. The molecule has 0 bridgehead atoms.